The van der Waals surface area contributed by atoms with Crippen molar-refractivity contribution in [2.24, 2.45) is 5.92 Å². The van der Waals surface area contributed by atoms with Gasteiger partial charge in [-0.25, -0.2) is 9.78 Å². The summed E-state index contributed by atoms with van der Waals surface area (Å²) < 4.78 is 5.28. The Hall–Kier alpha value is -2.64. The van der Waals surface area contributed by atoms with Gasteiger partial charge in [-0.1, -0.05) is 0 Å². The number of aromatic amines is 1. The Morgan fingerprint density at radius 3 is 2.86 bits per heavy atom. The Morgan fingerprint density at radius 1 is 1.52 bits per heavy atom. The second-order valence-electron chi connectivity index (χ2n) is 5.07. The van der Waals surface area contributed by atoms with Crippen LogP contribution in [0.25, 0.3) is 11.1 Å². The number of aryl methyl sites for hydroxylation is 1. The monoisotopic (exact) mass is 291 g/mol. The molecule has 0 saturated heterocycles. The normalized spacial score (nSPS) is 15.9. The molecule has 2 aromatic rings. The molecule has 0 radical (unpaired) electrons. The molecular weight excluding hydrogens is 278 g/mol. The van der Waals surface area contributed by atoms with Crippen LogP contribution in [-0.2, 0) is 4.79 Å². The Balaban J connectivity index is 2.00. The summed E-state index contributed by atoms with van der Waals surface area (Å²) >= 11 is 0. The number of carbonyl (C=O) groups excluding carboxylic acids is 1. The van der Waals surface area contributed by atoms with Gasteiger partial charge in [0.15, 0.2) is 0 Å². The number of furan rings is 1. The lowest BCUT2D eigenvalue weighted by atomic mass is 10.1. The van der Waals surface area contributed by atoms with Crippen molar-refractivity contribution in [1.82, 2.24) is 15.3 Å². The number of hydrogen-bond acceptors (Lipinski definition) is 5. The fraction of sp³-hybridized carbons (Fsp3) is 0.385. The van der Waals surface area contributed by atoms with Gasteiger partial charge in [0.1, 0.15) is 17.2 Å². The molecule has 110 valence electrons. The first kappa shape index (κ1) is 13.3. The van der Waals surface area contributed by atoms with E-state index < -0.39 is 23.5 Å². The highest BCUT2D eigenvalue weighted by molar-refractivity contribution is 6.07. The van der Waals surface area contributed by atoms with E-state index >= 15 is 0 Å². The molecule has 1 fully saturated rings. The first-order valence-corrected chi connectivity index (χ1v) is 6.49. The van der Waals surface area contributed by atoms with E-state index in [2.05, 4.69) is 15.3 Å². The number of aliphatic carboxylic acids is 1. The van der Waals surface area contributed by atoms with Crippen molar-refractivity contribution < 1.29 is 19.1 Å². The van der Waals surface area contributed by atoms with Crippen LogP contribution < -0.4 is 10.9 Å². The average Bonchev–Trinajstić information content (AvgIpc) is 3.18. The molecule has 1 saturated carbocycles. The summed E-state index contributed by atoms with van der Waals surface area (Å²) in [5.41, 5.74) is -0.411. The van der Waals surface area contributed by atoms with Gasteiger partial charge in [0.2, 0.25) is 5.71 Å². The van der Waals surface area contributed by atoms with E-state index in [1.54, 1.807) is 0 Å². The SMILES string of the molecule is Cc1oc2nc[nH]c(=O)c2c1C(=O)NC(C(=O)O)C1CC1. The number of H-pyrrole nitrogens is 1. The van der Waals surface area contributed by atoms with E-state index in [1.165, 1.54) is 13.3 Å². The number of amides is 1. The second kappa shape index (κ2) is 4.72. The van der Waals surface area contributed by atoms with E-state index in [0.29, 0.717) is 0 Å². The number of aromatic nitrogens is 2. The number of nitrogens with one attached hydrogen (secondary N) is 2. The summed E-state index contributed by atoms with van der Waals surface area (Å²) in [5.74, 6) is -1.54. The van der Waals surface area contributed by atoms with Crippen LogP contribution in [0.4, 0.5) is 0 Å². The zero-order chi connectivity index (χ0) is 15.1. The molecule has 2 heterocycles. The van der Waals surface area contributed by atoms with Gasteiger partial charge in [-0.05, 0) is 25.7 Å². The van der Waals surface area contributed by atoms with Crippen LogP contribution in [0.1, 0.15) is 29.0 Å². The predicted octanol–water partition coefficient (Wildman–Crippen LogP) is 0.418. The maximum Gasteiger partial charge on any atom is 0.326 e. The van der Waals surface area contributed by atoms with Crippen molar-refractivity contribution in [2.45, 2.75) is 25.8 Å². The summed E-state index contributed by atoms with van der Waals surface area (Å²) in [6.07, 6.45) is 2.72. The molecule has 8 nitrogen and oxygen atoms in total. The standard InChI is InChI=1S/C13H13N3O5/c1-5-7(8-10(17)14-4-15-12(8)21-5)11(18)16-9(13(19)20)6-2-3-6/h4,6,9H,2-3H2,1H3,(H,16,18)(H,19,20)(H,14,15,17). The van der Waals surface area contributed by atoms with Crippen molar-refractivity contribution in [1.29, 1.82) is 0 Å². The average molecular weight is 291 g/mol. The fourth-order valence-corrected chi connectivity index (χ4v) is 2.35. The van der Waals surface area contributed by atoms with E-state index in [9.17, 15) is 14.4 Å². The molecule has 1 amide bonds. The largest absolute Gasteiger partial charge is 0.480 e. The first-order valence-electron chi connectivity index (χ1n) is 6.49. The predicted molar refractivity (Wildman–Crippen MR) is 71.0 cm³/mol. The molecule has 0 spiro atoms. The summed E-state index contributed by atoms with van der Waals surface area (Å²) in [5, 5.41) is 11.6. The number of carboxylic acid groups (broad SMARTS) is 1. The first-order chi connectivity index (χ1) is 9.99. The van der Waals surface area contributed by atoms with Crippen molar-refractivity contribution in [3.63, 3.8) is 0 Å². The van der Waals surface area contributed by atoms with Crippen molar-refractivity contribution in [2.75, 3.05) is 0 Å². The molecule has 3 rings (SSSR count). The van der Waals surface area contributed by atoms with Gasteiger partial charge < -0.3 is 19.8 Å². The molecule has 1 atom stereocenters. The smallest absolute Gasteiger partial charge is 0.326 e. The van der Waals surface area contributed by atoms with Gasteiger partial charge in [0, 0.05) is 0 Å². The lowest BCUT2D eigenvalue weighted by Gasteiger charge is -2.13. The van der Waals surface area contributed by atoms with Gasteiger partial charge in [0.05, 0.1) is 11.9 Å². The van der Waals surface area contributed by atoms with Crippen LogP contribution in [0.15, 0.2) is 15.5 Å². The molecule has 0 aromatic carbocycles. The van der Waals surface area contributed by atoms with Crippen LogP contribution >= 0.6 is 0 Å². The van der Waals surface area contributed by atoms with Crippen LogP contribution in [0.5, 0.6) is 0 Å². The third-order valence-corrected chi connectivity index (χ3v) is 3.54. The highest BCUT2D eigenvalue weighted by Gasteiger charge is 2.38. The zero-order valence-corrected chi connectivity index (χ0v) is 11.2. The third kappa shape index (κ3) is 2.28. The van der Waals surface area contributed by atoms with Gasteiger partial charge in [0.25, 0.3) is 11.5 Å². The van der Waals surface area contributed by atoms with E-state index in [-0.39, 0.29) is 28.3 Å². The zero-order valence-electron chi connectivity index (χ0n) is 11.2. The summed E-state index contributed by atoms with van der Waals surface area (Å²) in [6.45, 7) is 1.53. The number of nitrogens with zero attached hydrogens (tertiary/aromatic N) is 1. The molecule has 3 N–H and O–H groups in total. The Bertz CT molecular complexity index is 787. The molecule has 8 heteroatoms. The highest BCUT2D eigenvalue weighted by atomic mass is 16.4. The van der Waals surface area contributed by atoms with Gasteiger partial charge >= 0.3 is 5.97 Å². The number of carboxylic acids is 1. The quantitative estimate of drug-likeness (QED) is 0.749. The third-order valence-electron chi connectivity index (χ3n) is 3.54. The maximum absolute atomic E-state index is 12.3. The highest BCUT2D eigenvalue weighted by Crippen LogP contribution is 2.33. The minimum atomic E-state index is -1.08. The summed E-state index contributed by atoms with van der Waals surface area (Å²) in [4.78, 5) is 41.6. The molecular formula is C13H13N3O5. The van der Waals surface area contributed by atoms with Gasteiger partial charge in [-0.15, -0.1) is 0 Å². The minimum Gasteiger partial charge on any atom is -0.480 e. The summed E-state index contributed by atoms with van der Waals surface area (Å²) in [7, 11) is 0. The Kier molecular flexibility index (Phi) is 3.00. The van der Waals surface area contributed by atoms with E-state index in [0.717, 1.165) is 12.8 Å². The van der Waals surface area contributed by atoms with E-state index in [4.69, 9.17) is 9.52 Å². The number of rotatable bonds is 4. The van der Waals surface area contributed by atoms with Crippen LogP contribution in [0.3, 0.4) is 0 Å². The van der Waals surface area contributed by atoms with Gasteiger partial charge in [-0.3, -0.25) is 9.59 Å². The molecule has 1 unspecified atom stereocenters. The molecule has 0 bridgehead atoms. The molecule has 1 aliphatic carbocycles. The Labute approximate surface area is 118 Å². The van der Waals surface area contributed by atoms with Crippen molar-refractivity contribution >= 4 is 23.0 Å². The molecule has 21 heavy (non-hydrogen) atoms. The minimum absolute atomic E-state index is 0.0336. The second-order valence-corrected chi connectivity index (χ2v) is 5.07. The van der Waals surface area contributed by atoms with Crippen LogP contribution in [0.2, 0.25) is 0 Å². The molecule has 2 aromatic heterocycles. The Morgan fingerprint density at radius 2 is 2.24 bits per heavy atom. The molecule has 1 aliphatic rings. The number of carbonyl (C=O) groups is 2. The summed E-state index contributed by atoms with van der Waals surface area (Å²) in [6, 6.07) is -0.947. The number of hydrogen-bond donors (Lipinski definition) is 3. The van der Waals surface area contributed by atoms with Crippen molar-refractivity contribution in [3.8, 4) is 0 Å². The molecule has 0 aliphatic heterocycles. The van der Waals surface area contributed by atoms with Crippen molar-refractivity contribution in [3.05, 3.63) is 28.0 Å². The lowest BCUT2D eigenvalue weighted by molar-refractivity contribution is -0.139. The maximum atomic E-state index is 12.3. The lowest BCUT2D eigenvalue weighted by Crippen LogP contribution is -2.42. The van der Waals surface area contributed by atoms with E-state index in [1.807, 2.05) is 0 Å². The fourth-order valence-electron chi connectivity index (χ4n) is 2.35. The van der Waals surface area contributed by atoms with Crippen LogP contribution in [-0.4, -0.2) is 33.0 Å². The van der Waals surface area contributed by atoms with Crippen LogP contribution in [0, 0.1) is 12.8 Å². The number of fused-ring (bicyclic) bond motifs is 1. The topological polar surface area (TPSA) is 125 Å². The van der Waals surface area contributed by atoms with Gasteiger partial charge in [-0.2, -0.15) is 0 Å².